The molecule has 2 rings (SSSR count). The van der Waals surface area contributed by atoms with E-state index in [0.29, 0.717) is 11.4 Å². The van der Waals surface area contributed by atoms with Gasteiger partial charge in [0.1, 0.15) is 5.82 Å². The summed E-state index contributed by atoms with van der Waals surface area (Å²) in [4.78, 5) is 17.7. The van der Waals surface area contributed by atoms with Crippen LogP contribution in [0.5, 0.6) is 0 Å². The number of hydrogen-bond acceptors (Lipinski definition) is 4. The monoisotopic (exact) mass is 235 g/mol. The molecule has 17 heavy (non-hydrogen) atoms. The van der Waals surface area contributed by atoms with E-state index in [2.05, 4.69) is 9.88 Å². The second-order valence-electron chi connectivity index (χ2n) is 4.40. The molecule has 1 aliphatic rings. The smallest absolute Gasteiger partial charge is 0.252 e. The van der Waals surface area contributed by atoms with Crippen molar-refractivity contribution in [2.24, 2.45) is 5.73 Å². The van der Waals surface area contributed by atoms with Gasteiger partial charge in [-0.25, -0.2) is 4.98 Å². The van der Waals surface area contributed by atoms with Gasteiger partial charge in [0.2, 0.25) is 0 Å². The molecule has 2 N–H and O–H groups in total. The lowest BCUT2D eigenvalue weighted by Crippen LogP contribution is -2.46. The molecule has 1 fully saturated rings. The van der Waals surface area contributed by atoms with Gasteiger partial charge < -0.3 is 15.4 Å². The van der Waals surface area contributed by atoms with Gasteiger partial charge in [0, 0.05) is 19.3 Å². The number of hydrogen-bond donors (Lipinski definition) is 1. The number of carbonyl (C=O) groups excluding carboxylic acids is 1. The number of pyridine rings is 1. The lowest BCUT2D eigenvalue weighted by molar-refractivity contribution is -0.00551. The van der Waals surface area contributed by atoms with Crippen molar-refractivity contribution in [2.75, 3.05) is 18.0 Å². The quantitative estimate of drug-likeness (QED) is 0.823. The van der Waals surface area contributed by atoms with E-state index >= 15 is 0 Å². The van der Waals surface area contributed by atoms with E-state index in [1.807, 2.05) is 13.8 Å². The molecule has 2 atom stereocenters. The van der Waals surface area contributed by atoms with Crippen molar-refractivity contribution in [1.82, 2.24) is 4.98 Å². The van der Waals surface area contributed by atoms with Gasteiger partial charge in [-0.1, -0.05) is 0 Å². The molecule has 1 aliphatic heterocycles. The molecule has 5 heteroatoms. The van der Waals surface area contributed by atoms with E-state index in [9.17, 15) is 4.79 Å². The molecule has 0 aliphatic carbocycles. The highest BCUT2D eigenvalue weighted by Crippen LogP contribution is 2.21. The first-order valence-corrected chi connectivity index (χ1v) is 5.73. The first-order valence-electron chi connectivity index (χ1n) is 5.73. The number of primary amides is 1. The van der Waals surface area contributed by atoms with Gasteiger partial charge in [-0.05, 0) is 26.0 Å². The summed E-state index contributed by atoms with van der Waals surface area (Å²) in [6, 6.07) is 3.42. The Morgan fingerprint density at radius 1 is 1.47 bits per heavy atom. The van der Waals surface area contributed by atoms with Crippen LogP contribution in [0.2, 0.25) is 0 Å². The molecule has 1 aromatic rings. The third kappa shape index (κ3) is 2.55. The van der Waals surface area contributed by atoms with Gasteiger partial charge in [-0.2, -0.15) is 0 Å². The summed E-state index contributed by atoms with van der Waals surface area (Å²) in [5.41, 5.74) is 5.82. The van der Waals surface area contributed by atoms with Gasteiger partial charge in [0.15, 0.2) is 0 Å². The van der Waals surface area contributed by atoms with Crippen LogP contribution in [0.15, 0.2) is 18.3 Å². The lowest BCUT2D eigenvalue weighted by atomic mass is 10.2. The van der Waals surface area contributed by atoms with Gasteiger partial charge >= 0.3 is 0 Å². The van der Waals surface area contributed by atoms with Crippen molar-refractivity contribution in [3.63, 3.8) is 0 Å². The number of ether oxygens (including phenoxy) is 1. The van der Waals surface area contributed by atoms with Gasteiger partial charge in [-0.3, -0.25) is 4.79 Å². The number of aromatic nitrogens is 1. The van der Waals surface area contributed by atoms with Gasteiger partial charge in [0.05, 0.1) is 17.8 Å². The fraction of sp³-hybridized carbons (Fsp3) is 0.500. The minimum absolute atomic E-state index is 0.126. The molecule has 1 saturated heterocycles. The summed E-state index contributed by atoms with van der Waals surface area (Å²) in [6.07, 6.45) is 1.93. The molecule has 0 aromatic carbocycles. The molecule has 1 amide bonds. The van der Waals surface area contributed by atoms with Crippen LogP contribution in [0, 0.1) is 0 Å². The first-order chi connectivity index (χ1) is 8.08. The predicted molar refractivity (Wildman–Crippen MR) is 65.0 cm³/mol. The number of nitrogens with two attached hydrogens (primary N) is 1. The Bertz CT molecular complexity index is 412. The molecule has 92 valence electrons. The Morgan fingerprint density at radius 2 is 2.12 bits per heavy atom. The SMILES string of the molecule is C[C@@H]1CN(c2ncccc2C(N)=O)C[C@H](C)O1. The molecule has 1 aromatic heterocycles. The lowest BCUT2D eigenvalue weighted by Gasteiger charge is -2.36. The van der Waals surface area contributed by atoms with Crippen LogP contribution < -0.4 is 10.6 Å². The zero-order chi connectivity index (χ0) is 12.4. The largest absolute Gasteiger partial charge is 0.372 e. The number of amides is 1. The van der Waals surface area contributed by atoms with Crippen LogP contribution in [0.3, 0.4) is 0 Å². The van der Waals surface area contributed by atoms with E-state index < -0.39 is 5.91 Å². The molecule has 0 saturated carbocycles. The van der Waals surface area contributed by atoms with E-state index in [4.69, 9.17) is 10.5 Å². The summed E-state index contributed by atoms with van der Waals surface area (Å²) < 4.78 is 5.65. The molecular weight excluding hydrogens is 218 g/mol. The molecule has 0 radical (unpaired) electrons. The van der Waals surface area contributed by atoms with Crippen LogP contribution in [-0.4, -0.2) is 36.2 Å². The number of rotatable bonds is 2. The third-order valence-corrected chi connectivity index (χ3v) is 2.77. The van der Waals surface area contributed by atoms with Crippen LogP contribution >= 0.6 is 0 Å². The minimum Gasteiger partial charge on any atom is -0.372 e. The second kappa shape index (κ2) is 4.71. The van der Waals surface area contributed by atoms with Crippen molar-refractivity contribution in [2.45, 2.75) is 26.1 Å². The number of carbonyl (C=O) groups is 1. The Labute approximate surface area is 101 Å². The van der Waals surface area contributed by atoms with Crippen molar-refractivity contribution >= 4 is 11.7 Å². The number of anilines is 1. The van der Waals surface area contributed by atoms with E-state index in [0.717, 1.165) is 13.1 Å². The molecule has 0 unspecified atom stereocenters. The minimum atomic E-state index is -0.445. The maximum Gasteiger partial charge on any atom is 0.252 e. The average Bonchev–Trinajstić information content (AvgIpc) is 2.27. The normalized spacial score (nSPS) is 24.7. The highest BCUT2D eigenvalue weighted by molar-refractivity contribution is 5.97. The van der Waals surface area contributed by atoms with Crippen molar-refractivity contribution in [3.8, 4) is 0 Å². The standard InChI is InChI=1S/C12H17N3O2/c1-8-6-15(7-9(2)17-8)12-10(11(13)16)4-3-5-14-12/h3-5,8-9H,6-7H2,1-2H3,(H2,13,16)/t8-,9+. The second-order valence-corrected chi connectivity index (χ2v) is 4.40. The highest BCUT2D eigenvalue weighted by Gasteiger charge is 2.25. The Kier molecular flexibility index (Phi) is 3.28. The highest BCUT2D eigenvalue weighted by atomic mass is 16.5. The van der Waals surface area contributed by atoms with E-state index in [-0.39, 0.29) is 12.2 Å². The summed E-state index contributed by atoms with van der Waals surface area (Å²) in [6.45, 7) is 5.47. The molecular formula is C12H17N3O2. The van der Waals surface area contributed by atoms with Crippen molar-refractivity contribution < 1.29 is 9.53 Å². The third-order valence-electron chi connectivity index (χ3n) is 2.77. The summed E-state index contributed by atoms with van der Waals surface area (Å²) in [5.74, 6) is 0.210. The molecule has 2 heterocycles. The zero-order valence-corrected chi connectivity index (χ0v) is 10.1. The number of nitrogens with zero attached hydrogens (tertiary/aromatic N) is 2. The summed E-state index contributed by atoms with van der Waals surface area (Å²) in [5, 5.41) is 0. The van der Waals surface area contributed by atoms with Gasteiger partial charge in [0.25, 0.3) is 5.91 Å². The van der Waals surface area contributed by atoms with Crippen LogP contribution in [-0.2, 0) is 4.74 Å². The molecule has 0 bridgehead atoms. The van der Waals surface area contributed by atoms with Crippen LogP contribution in [0.25, 0.3) is 0 Å². The maximum atomic E-state index is 11.4. The maximum absolute atomic E-state index is 11.4. The Balaban J connectivity index is 2.30. The average molecular weight is 235 g/mol. The molecule has 0 spiro atoms. The fourth-order valence-corrected chi connectivity index (χ4v) is 2.19. The number of morpholine rings is 1. The first kappa shape index (κ1) is 11.9. The zero-order valence-electron chi connectivity index (χ0n) is 10.1. The Hall–Kier alpha value is -1.62. The van der Waals surface area contributed by atoms with E-state index in [1.54, 1.807) is 18.3 Å². The van der Waals surface area contributed by atoms with Gasteiger partial charge in [-0.15, -0.1) is 0 Å². The summed E-state index contributed by atoms with van der Waals surface area (Å²) >= 11 is 0. The fourth-order valence-electron chi connectivity index (χ4n) is 2.19. The predicted octanol–water partition coefficient (Wildman–Crippen LogP) is 0.794. The van der Waals surface area contributed by atoms with Crippen molar-refractivity contribution in [1.29, 1.82) is 0 Å². The van der Waals surface area contributed by atoms with Crippen LogP contribution in [0.4, 0.5) is 5.82 Å². The molecule has 5 nitrogen and oxygen atoms in total. The summed E-state index contributed by atoms with van der Waals surface area (Å²) in [7, 11) is 0. The van der Waals surface area contributed by atoms with Crippen LogP contribution in [0.1, 0.15) is 24.2 Å². The topological polar surface area (TPSA) is 68.5 Å². The van der Waals surface area contributed by atoms with E-state index in [1.165, 1.54) is 0 Å². The Morgan fingerprint density at radius 3 is 2.71 bits per heavy atom. The van der Waals surface area contributed by atoms with Crippen molar-refractivity contribution in [3.05, 3.63) is 23.9 Å².